The third kappa shape index (κ3) is 5.63. The summed E-state index contributed by atoms with van der Waals surface area (Å²) in [4.78, 5) is 0.471. The predicted octanol–water partition coefficient (Wildman–Crippen LogP) is 1.63. The van der Waals surface area contributed by atoms with Gasteiger partial charge in [0.2, 0.25) is 0 Å². The highest BCUT2D eigenvalue weighted by Gasteiger charge is 1.74. The molecule has 0 atom stereocenters. The van der Waals surface area contributed by atoms with Crippen LogP contribution in [0.15, 0.2) is 12.2 Å². The van der Waals surface area contributed by atoms with E-state index >= 15 is 0 Å². The van der Waals surface area contributed by atoms with Crippen LogP contribution in [0.1, 0.15) is 19.8 Å². The van der Waals surface area contributed by atoms with Gasteiger partial charge in [0.05, 0.1) is 4.99 Å². The van der Waals surface area contributed by atoms with Crippen LogP contribution in [-0.2, 0) is 0 Å². The lowest BCUT2D eigenvalue weighted by atomic mass is 10.3. The van der Waals surface area contributed by atoms with Gasteiger partial charge in [-0.15, -0.1) is 0 Å². The van der Waals surface area contributed by atoms with Gasteiger partial charge in [-0.05, 0) is 12.5 Å². The third-order valence-electron chi connectivity index (χ3n) is 0.737. The number of nitrogens with two attached hydrogens (primary N) is 1. The molecule has 0 saturated heterocycles. The van der Waals surface area contributed by atoms with Crippen LogP contribution >= 0.6 is 12.2 Å². The number of hydrogen-bond acceptors (Lipinski definition) is 1. The van der Waals surface area contributed by atoms with Crippen molar-refractivity contribution in [1.82, 2.24) is 0 Å². The topological polar surface area (TPSA) is 26.0 Å². The molecule has 0 aromatic heterocycles. The summed E-state index contributed by atoms with van der Waals surface area (Å²) in [6.07, 6.45) is 5.97. The molecule has 0 saturated carbocycles. The molecule has 0 aromatic carbocycles. The molecule has 2 N–H and O–H groups in total. The van der Waals surface area contributed by atoms with Gasteiger partial charge in [0.15, 0.2) is 0 Å². The Morgan fingerprint density at radius 1 is 1.75 bits per heavy atom. The van der Waals surface area contributed by atoms with E-state index in [0.717, 1.165) is 12.8 Å². The second-order valence-corrected chi connectivity index (χ2v) is 2.06. The molecule has 0 heterocycles. The summed E-state index contributed by atoms with van der Waals surface area (Å²) >= 11 is 4.60. The molecule has 0 aliphatic carbocycles. The van der Waals surface area contributed by atoms with Gasteiger partial charge >= 0.3 is 0 Å². The quantitative estimate of drug-likeness (QED) is 0.463. The molecule has 0 unspecified atom stereocenters. The van der Waals surface area contributed by atoms with Gasteiger partial charge in [-0.25, -0.2) is 0 Å². The zero-order valence-corrected chi connectivity index (χ0v) is 5.87. The predicted molar refractivity (Wildman–Crippen MR) is 40.8 cm³/mol. The van der Waals surface area contributed by atoms with Gasteiger partial charge in [-0.2, -0.15) is 0 Å². The molecule has 8 heavy (non-hydrogen) atoms. The lowest BCUT2D eigenvalue weighted by Gasteiger charge is -1.82. The number of allylic oxidation sites excluding steroid dienone is 1. The first-order valence-electron chi connectivity index (χ1n) is 2.73. The monoisotopic (exact) mass is 129 g/mol. The summed E-state index contributed by atoms with van der Waals surface area (Å²) in [6.45, 7) is 2.11. The summed E-state index contributed by atoms with van der Waals surface area (Å²) in [5, 5.41) is 0. The molecule has 46 valence electrons. The van der Waals surface area contributed by atoms with Crippen molar-refractivity contribution in [3.05, 3.63) is 12.2 Å². The van der Waals surface area contributed by atoms with E-state index < -0.39 is 0 Å². The largest absolute Gasteiger partial charge is 0.390 e. The number of hydrogen-bond donors (Lipinski definition) is 1. The van der Waals surface area contributed by atoms with E-state index in [2.05, 4.69) is 19.1 Å². The Morgan fingerprint density at radius 3 is 2.75 bits per heavy atom. The van der Waals surface area contributed by atoms with Crippen molar-refractivity contribution in [3.8, 4) is 0 Å². The van der Waals surface area contributed by atoms with E-state index in [0.29, 0.717) is 4.99 Å². The zero-order valence-electron chi connectivity index (χ0n) is 5.05. The normalized spacial score (nSPS) is 10.1. The standard InChI is InChI=1S/C6H11NS/c1-2-3-4-5-6(7)8/h4-5H,2-3H2,1H3,(H2,7,8). The van der Waals surface area contributed by atoms with Gasteiger partial charge in [0.1, 0.15) is 0 Å². The maximum Gasteiger partial charge on any atom is 0.0958 e. The van der Waals surface area contributed by atoms with E-state index in [1.807, 2.05) is 6.08 Å². The van der Waals surface area contributed by atoms with Gasteiger partial charge in [-0.1, -0.05) is 31.6 Å². The first kappa shape index (κ1) is 7.63. The number of unbranched alkanes of at least 4 members (excludes halogenated alkanes) is 1. The maximum absolute atomic E-state index is 5.18. The minimum atomic E-state index is 0.471. The Bertz CT molecular complexity index is 96.7. The van der Waals surface area contributed by atoms with Crippen molar-refractivity contribution >= 4 is 17.2 Å². The number of rotatable bonds is 3. The van der Waals surface area contributed by atoms with E-state index in [-0.39, 0.29) is 0 Å². The van der Waals surface area contributed by atoms with E-state index in [1.54, 1.807) is 6.08 Å². The summed E-state index contributed by atoms with van der Waals surface area (Å²) in [7, 11) is 0. The highest BCUT2D eigenvalue weighted by molar-refractivity contribution is 7.80. The molecule has 0 amide bonds. The molecule has 0 aliphatic heterocycles. The molecular formula is C6H11NS. The molecule has 0 spiro atoms. The van der Waals surface area contributed by atoms with Crippen molar-refractivity contribution in [2.45, 2.75) is 19.8 Å². The van der Waals surface area contributed by atoms with Crippen LogP contribution in [0.4, 0.5) is 0 Å². The molecule has 0 rings (SSSR count). The van der Waals surface area contributed by atoms with E-state index in [1.165, 1.54) is 0 Å². The van der Waals surface area contributed by atoms with Crippen LogP contribution in [0.2, 0.25) is 0 Å². The SMILES string of the molecule is CCCC=CC(N)=S. The minimum Gasteiger partial charge on any atom is -0.390 e. The third-order valence-corrected chi connectivity index (χ3v) is 0.874. The average molecular weight is 129 g/mol. The Labute approximate surface area is 55.6 Å². The van der Waals surface area contributed by atoms with Gasteiger partial charge < -0.3 is 5.73 Å². The Balaban J connectivity index is 3.20. The summed E-state index contributed by atoms with van der Waals surface area (Å²) in [6, 6.07) is 0. The van der Waals surface area contributed by atoms with Crippen LogP contribution in [-0.4, -0.2) is 4.99 Å². The second-order valence-electron chi connectivity index (χ2n) is 1.59. The average Bonchev–Trinajstić information content (AvgIpc) is 1.66. The lowest BCUT2D eigenvalue weighted by molar-refractivity contribution is 0.959. The molecule has 0 fully saturated rings. The summed E-state index contributed by atoms with van der Waals surface area (Å²) < 4.78 is 0. The summed E-state index contributed by atoms with van der Waals surface area (Å²) in [5.41, 5.74) is 5.18. The van der Waals surface area contributed by atoms with Crippen molar-refractivity contribution in [1.29, 1.82) is 0 Å². The van der Waals surface area contributed by atoms with Crippen LogP contribution in [0.25, 0.3) is 0 Å². The Hall–Kier alpha value is -0.370. The highest BCUT2D eigenvalue weighted by atomic mass is 32.1. The molecule has 1 nitrogen and oxygen atoms in total. The molecule has 0 bridgehead atoms. The molecule has 0 aromatic rings. The molecule has 0 aliphatic rings. The first-order chi connectivity index (χ1) is 3.77. The Morgan fingerprint density at radius 2 is 2.38 bits per heavy atom. The fourth-order valence-corrected chi connectivity index (χ4v) is 0.462. The van der Waals surface area contributed by atoms with Crippen molar-refractivity contribution in [2.24, 2.45) is 5.73 Å². The minimum absolute atomic E-state index is 0.471. The van der Waals surface area contributed by atoms with Gasteiger partial charge in [0.25, 0.3) is 0 Å². The van der Waals surface area contributed by atoms with Gasteiger partial charge in [0, 0.05) is 0 Å². The number of thiocarbonyl (C=S) groups is 1. The van der Waals surface area contributed by atoms with Crippen molar-refractivity contribution < 1.29 is 0 Å². The van der Waals surface area contributed by atoms with Crippen LogP contribution < -0.4 is 5.73 Å². The van der Waals surface area contributed by atoms with Crippen molar-refractivity contribution in [3.63, 3.8) is 0 Å². The van der Waals surface area contributed by atoms with Crippen LogP contribution in [0.3, 0.4) is 0 Å². The Kier molecular flexibility index (Phi) is 4.56. The fourth-order valence-electron chi connectivity index (χ4n) is 0.366. The highest BCUT2D eigenvalue weighted by Crippen LogP contribution is 1.86. The van der Waals surface area contributed by atoms with E-state index in [4.69, 9.17) is 5.73 Å². The van der Waals surface area contributed by atoms with Gasteiger partial charge in [-0.3, -0.25) is 0 Å². The maximum atomic E-state index is 5.18. The first-order valence-corrected chi connectivity index (χ1v) is 3.14. The lowest BCUT2D eigenvalue weighted by Crippen LogP contribution is -2.01. The summed E-state index contributed by atoms with van der Waals surface area (Å²) in [5.74, 6) is 0. The zero-order chi connectivity index (χ0) is 6.41. The van der Waals surface area contributed by atoms with Crippen LogP contribution in [0, 0.1) is 0 Å². The smallest absolute Gasteiger partial charge is 0.0958 e. The fraction of sp³-hybridized carbons (Fsp3) is 0.500. The molecule has 0 radical (unpaired) electrons. The molecular weight excluding hydrogens is 118 g/mol. The van der Waals surface area contributed by atoms with Crippen LogP contribution in [0.5, 0.6) is 0 Å². The second kappa shape index (κ2) is 4.78. The van der Waals surface area contributed by atoms with E-state index in [9.17, 15) is 0 Å². The molecule has 2 heteroatoms. The van der Waals surface area contributed by atoms with Crippen molar-refractivity contribution in [2.75, 3.05) is 0 Å².